The molecule has 3 nitrogen and oxygen atoms in total. The van der Waals surface area contributed by atoms with Crippen molar-refractivity contribution in [1.29, 1.82) is 0 Å². The Kier molecular flexibility index (Phi) is 4.19. The van der Waals surface area contributed by atoms with E-state index in [2.05, 4.69) is 0 Å². The topological polar surface area (TPSA) is 55.5 Å². The Labute approximate surface area is 101 Å². The Balaban J connectivity index is 3.20. The van der Waals surface area contributed by atoms with Crippen molar-refractivity contribution in [2.45, 2.75) is 26.4 Å². The third kappa shape index (κ3) is 2.67. The molecule has 0 aliphatic heterocycles. The van der Waals surface area contributed by atoms with Gasteiger partial charge in [-0.2, -0.15) is 0 Å². The molecule has 0 amide bonds. The van der Waals surface area contributed by atoms with Gasteiger partial charge in [-0.15, -0.1) is 0 Å². The molecule has 0 fully saturated rings. The lowest BCUT2D eigenvalue weighted by molar-refractivity contribution is 0.0661. The van der Waals surface area contributed by atoms with Crippen LogP contribution >= 0.6 is 11.6 Å². The van der Waals surface area contributed by atoms with E-state index in [1.54, 1.807) is 13.0 Å². The van der Waals surface area contributed by atoms with Gasteiger partial charge in [0, 0.05) is 6.54 Å². The number of nitrogens with two attached hydrogens (primary N) is 1. The van der Waals surface area contributed by atoms with E-state index in [1.165, 1.54) is 0 Å². The number of benzene rings is 1. The average molecular weight is 244 g/mol. The summed E-state index contributed by atoms with van der Waals surface area (Å²) in [6.45, 7) is 6.18. The lowest BCUT2D eigenvalue weighted by Gasteiger charge is -2.24. The van der Waals surface area contributed by atoms with Crippen LogP contribution in [0.3, 0.4) is 0 Å². The maximum atomic E-state index is 10.1. The van der Waals surface area contributed by atoms with Gasteiger partial charge < -0.3 is 15.6 Å². The highest BCUT2D eigenvalue weighted by atomic mass is 35.5. The lowest BCUT2D eigenvalue weighted by atomic mass is 9.92. The first-order valence-electron chi connectivity index (χ1n) is 5.28. The monoisotopic (exact) mass is 243 g/mol. The summed E-state index contributed by atoms with van der Waals surface area (Å²) < 4.78 is 5.37. The lowest BCUT2D eigenvalue weighted by Crippen LogP contribution is -2.32. The predicted molar refractivity (Wildman–Crippen MR) is 66.0 cm³/mol. The minimum atomic E-state index is -1.06. The highest BCUT2D eigenvalue weighted by Gasteiger charge is 2.24. The van der Waals surface area contributed by atoms with E-state index in [4.69, 9.17) is 22.1 Å². The van der Waals surface area contributed by atoms with E-state index < -0.39 is 5.60 Å². The van der Waals surface area contributed by atoms with Crippen molar-refractivity contribution in [3.8, 4) is 5.75 Å². The molecule has 16 heavy (non-hydrogen) atoms. The minimum absolute atomic E-state index is 0.151. The Hall–Kier alpha value is -0.770. The second-order valence-corrected chi connectivity index (χ2v) is 4.42. The van der Waals surface area contributed by atoms with Gasteiger partial charge in [0.1, 0.15) is 5.75 Å². The number of hydrogen-bond donors (Lipinski definition) is 2. The van der Waals surface area contributed by atoms with Crippen LogP contribution in [0.1, 0.15) is 25.0 Å². The Bertz CT molecular complexity index is 378. The summed E-state index contributed by atoms with van der Waals surface area (Å²) in [6, 6.07) is 3.54. The molecular formula is C12H18ClNO2. The first-order chi connectivity index (χ1) is 7.42. The molecule has 0 saturated carbocycles. The third-order valence-electron chi connectivity index (χ3n) is 2.56. The largest absolute Gasteiger partial charge is 0.492 e. The molecule has 0 aliphatic rings. The predicted octanol–water partition coefficient (Wildman–Crippen LogP) is 2.21. The second kappa shape index (κ2) is 5.04. The summed E-state index contributed by atoms with van der Waals surface area (Å²) in [7, 11) is 0. The highest BCUT2D eigenvalue weighted by Crippen LogP contribution is 2.33. The summed E-state index contributed by atoms with van der Waals surface area (Å²) in [5.74, 6) is 0.637. The van der Waals surface area contributed by atoms with Crippen molar-refractivity contribution >= 4 is 11.6 Å². The SMILES string of the molecule is CCOc1cc(C)c(C(C)(O)CN)cc1Cl. The van der Waals surface area contributed by atoms with E-state index in [-0.39, 0.29) is 6.54 Å². The van der Waals surface area contributed by atoms with E-state index in [0.29, 0.717) is 17.4 Å². The summed E-state index contributed by atoms with van der Waals surface area (Å²) >= 11 is 6.07. The maximum Gasteiger partial charge on any atom is 0.138 e. The van der Waals surface area contributed by atoms with Gasteiger partial charge in [0.25, 0.3) is 0 Å². The zero-order valence-corrected chi connectivity index (χ0v) is 10.6. The fourth-order valence-corrected chi connectivity index (χ4v) is 1.83. The zero-order chi connectivity index (χ0) is 12.3. The number of rotatable bonds is 4. The summed E-state index contributed by atoms with van der Waals surface area (Å²) in [5, 5.41) is 10.6. The molecule has 0 saturated heterocycles. The van der Waals surface area contributed by atoms with Crippen molar-refractivity contribution in [1.82, 2.24) is 0 Å². The first-order valence-corrected chi connectivity index (χ1v) is 5.66. The minimum Gasteiger partial charge on any atom is -0.492 e. The van der Waals surface area contributed by atoms with Crippen LogP contribution in [0.4, 0.5) is 0 Å². The fourth-order valence-electron chi connectivity index (χ4n) is 1.61. The van der Waals surface area contributed by atoms with Crippen molar-refractivity contribution in [3.63, 3.8) is 0 Å². The maximum absolute atomic E-state index is 10.1. The number of aryl methyl sites for hydroxylation is 1. The van der Waals surface area contributed by atoms with Crippen molar-refractivity contribution in [3.05, 3.63) is 28.3 Å². The molecular weight excluding hydrogens is 226 g/mol. The quantitative estimate of drug-likeness (QED) is 0.853. The molecule has 1 aromatic rings. The van der Waals surface area contributed by atoms with Crippen LogP contribution in [-0.4, -0.2) is 18.3 Å². The van der Waals surface area contributed by atoms with Gasteiger partial charge in [0.05, 0.1) is 17.2 Å². The molecule has 4 heteroatoms. The second-order valence-electron chi connectivity index (χ2n) is 4.01. The Morgan fingerprint density at radius 2 is 2.12 bits per heavy atom. The molecule has 1 aromatic carbocycles. The normalized spacial score (nSPS) is 14.6. The molecule has 0 aliphatic carbocycles. The van der Waals surface area contributed by atoms with Gasteiger partial charge >= 0.3 is 0 Å². The first kappa shape index (κ1) is 13.3. The molecule has 3 N–H and O–H groups in total. The molecule has 0 radical (unpaired) electrons. The van der Waals surface area contributed by atoms with E-state index in [1.807, 2.05) is 19.9 Å². The van der Waals surface area contributed by atoms with E-state index in [9.17, 15) is 5.11 Å². The van der Waals surface area contributed by atoms with Gasteiger partial charge in [-0.3, -0.25) is 0 Å². The highest BCUT2D eigenvalue weighted by molar-refractivity contribution is 6.32. The standard InChI is InChI=1S/C12H18ClNO2/c1-4-16-11-5-8(2)9(6-10(11)13)12(3,15)7-14/h5-6,15H,4,7,14H2,1-3H3. The van der Waals surface area contributed by atoms with Gasteiger partial charge in [-0.05, 0) is 44.0 Å². The average Bonchev–Trinajstić information content (AvgIpc) is 2.23. The van der Waals surface area contributed by atoms with Crippen molar-refractivity contribution in [2.75, 3.05) is 13.2 Å². The fraction of sp³-hybridized carbons (Fsp3) is 0.500. The van der Waals surface area contributed by atoms with Crippen LogP contribution in [0.15, 0.2) is 12.1 Å². The number of halogens is 1. The van der Waals surface area contributed by atoms with Crippen LogP contribution in [0, 0.1) is 6.92 Å². The molecule has 1 atom stereocenters. The van der Waals surface area contributed by atoms with Gasteiger partial charge in [-0.25, -0.2) is 0 Å². The molecule has 0 heterocycles. The zero-order valence-electron chi connectivity index (χ0n) is 9.88. The number of hydrogen-bond acceptors (Lipinski definition) is 3. The molecule has 0 bridgehead atoms. The summed E-state index contributed by atoms with van der Waals surface area (Å²) in [4.78, 5) is 0. The third-order valence-corrected chi connectivity index (χ3v) is 2.85. The summed E-state index contributed by atoms with van der Waals surface area (Å²) in [6.07, 6.45) is 0. The molecule has 0 aromatic heterocycles. The van der Waals surface area contributed by atoms with Crippen molar-refractivity contribution in [2.24, 2.45) is 5.73 Å². The van der Waals surface area contributed by atoms with Crippen LogP contribution in [-0.2, 0) is 5.60 Å². The van der Waals surface area contributed by atoms with E-state index >= 15 is 0 Å². The number of ether oxygens (including phenoxy) is 1. The van der Waals surface area contributed by atoms with E-state index in [0.717, 1.165) is 11.1 Å². The van der Waals surface area contributed by atoms with Gasteiger partial charge in [-0.1, -0.05) is 11.6 Å². The van der Waals surface area contributed by atoms with Crippen LogP contribution in [0.2, 0.25) is 5.02 Å². The van der Waals surface area contributed by atoms with Crippen LogP contribution < -0.4 is 10.5 Å². The smallest absolute Gasteiger partial charge is 0.138 e. The van der Waals surface area contributed by atoms with Crippen LogP contribution in [0.25, 0.3) is 0 Å². The van der Waals surface area contributed by atoms with Gasteiger partial charge in [0.2, 0.25) is 0 Å². The molecule has 0 spiro atoms. The van der Waals surface area contributed by atoms with Gasteiger partial charge in [0.15, 0.2) is 0 Å². The molecule has 90 valence electrons. The Morgan fingerprint density at radius 1 is 1.50 bits per heavy atom. The Morgan fingerprint density at radius 3 is 2.62 bits per heavy atom. The summed E-state index contributed by atoms with van der Waals surface area (Å²) in [5.41, 5.74) is 6.13. The molecule has 1 unspecified atom stereocenters. The number of aliphatic hydroxyl groups is 1. The van der Waals surface area contributed by atoms with Crippen molar-refractivity contribution < 1.29 is 9.84 Å². The molecule has 1 rings (SSSR count). The van der Waals surface area contributed by atoms with Crippen LogP contribution in [0.5, 0.6) is 5.75 Å².